The number of amides is 2. The highest BCUT2D eigenvalue weighted by atomic mass is 16.5. The third kappa shape index (κ3) is 3.00. The molecular weight excluding hydrogens is 248 g/mol. The number of carbonyl (C=O) groups is 2. The molecule has 1 aliphatic carbocycles. The molecule has 1 heterocycles. The van der Waals surface area contributed by atoms with E-state index < -0.39 is 11.4 Å². The monoisotopic (exact) mass is 270 g/mol. The molecule has 0 radical (unpaired) electrons. The molecule has 3 unspecified atom stereocenters. The fraction of sp³-hybridized carbons (Fsp3) is 0.846. The van der Waals surface area contributed by atoms with Gasteiger partial charge in [-0.1, -0.05) is 0 Å². The van der Waals surface area contributed by atoms with Crippen LogP contribution in [0.1, 0.15) is 32.6 Å². The Morgan fingerprint density at radius 2 is 2.16 bits per heavy atom. The van der Waals surface area contributed by atoms with Gasteiger partial charge in [-0.05, 0) is 32.6 Å². The maximum atomic E-state index is 12.1. The van der Waals surface area contributed by atoms with Crippen LogP contribution in [0.2, 0.25) is 0 Å². The minimum Gasteiger partial charge on any atom is -0.481 e. The molecule has 6 nitrogen and oxygen atoms in total. The second-order valence-corrected chi connectivity index (χ2v) is 5.85. The van der Waals surface area contributed by atoms with E-state index in [1.807, 2.05) is 0 Å². The molecule has 1 aliphatic heterocycles. The summed E-state index contributed by atoms with van der Waals surface area (Å²) in [6, 6.07) is 0.000798. The highest BCUT2D eigenvalue weighted by Crippen LogP contribution is 2.30. The molecule has 2 aliphatic rings. The Morgan fingerprint density at radius 1 is 1.42 bits per heavy atom. The van der Waals surface area contributed by atoms with Gasteiger partial charge >= 0.3 is 12.0 Å². The quantitative estimate of drug-likeness (QED) is 0.803. The molecule has 0 bridgehead atoms. The number of rotatable bonds is 3. The third-order valence-electron chi connectivity index (χ3n) is 4.32. The highest BCUT2D eigenvalue weighted by molar-refractivity contribution is 5.79. The lowest BCUT2D eigenvalue weighted by Gasteiger charge is -2.22. The largest absolute Gasteiger partial charge is 0.481 e. The SMILES string of the molecule is COC1CCC(NC(=O)N2CCC(C)(C(=O)O)C2)C1. The van der Waals surface area contributed by atoms with Crippen molar-refractivity contribution in [1.29, 1.82) is 0 Å². The van der Waals surface area contributed by atoms with Crippen LogP contribution in [-0.2, 0) is 9.53 Å². The zero-order valence-electron chi connectivity index (χ0n) is 11.5. The molecule has 6 heteroatoms. The number of carbonyl (C=O) groups excluding carboxylic acids is 1. The van der Waals surface area contributed by atoms with Gasteiger partial charge in [0.25, 0.3) is 0 Å². The fourth-order valence-corrected chi connectivity index (χ4v) is 2.86. The van der Waals surface area contributed by atoms with Crippen LogP contribution in [0, 0.1) is 5.41 Å². The van der Waals surface area contributed by atoms with Crippen molar-refractivity contribution in [2.75, 3.05) is 20.2 Å². The molecule has 2 fully saturated rings. The first-order valence-electron chi connectivity index (χ1n) is 6.76. The molecule has 3 atom stereocenters. The molecule has 2 rings (SSSR count). The number of ether oxygens (including phenoxy) is 1. The van der Waals surface area contributed by atoms with Crippen molar-refractivity contribution in [1.82, 2.24) is 10.2 Å². The molecule has 0 aromatic carbocycles. The van der Waals surface area contributed by atoms with Crippen LogP contribution in [0.3, 0.4) is 0 Å². The van der Waals surface area contributed by atoms with Gasteiger partial charge < -0.3 is 20.1 Å². The average Bonchev–Trinajstić information content (AvgIpc) is 2.96. The standard InChI is InChI=1S/C13H22N2O4/c1-13(11(16)17)5-6-15(8-13)12(18)14-9-3-4-10(7-9)19-2/h9-10H,3-8H2,1-2H3,(H,14,18)(H,16,17). The van der Waals surface area contributed by atoms with Gasteiger partial charge in [0.2, 0.25) is 0 Å². The molecular formula is C13H22N2O4. The summed E-state index contributed by atoms with van der Waals surface area (Å²) in [6.45, 7) is 2.49. The van der Waals surface area contributed by atoms with E-state index in [1.54, 1.807) is 18.9 Å². The normalized spacial score (nSPS) is 34.5. The molecule has 108 valence electrons. The first-order chi connectivity index (χ1) is 8.94. The summed E-state index contributed by atoms with van der Waals surface area (Å²) in [7, 11) is 1.69. The average molecular weight is 270 g/mol. The Balaban J connectivity index is 1.84. The lowest BCUT2D eigenvalue weighted by Crippen LogP contribution is -2.44. The number of nitrogens with zero attached hydrogens (tertiary/aromatic N) is 1. The highest BCUT2D eigenvalue weighted by Gasteiger charge is 2.42. The van der Waals surface area contributed by atoms with Crippen LogP contribution in [0.5, 0.6) is 0 Å². The van der Waals surface area contributed by atoms with Crippen LogP contribution >= 0.6 is 0 Å². The number of likely N-dealkylation sites (tertiary alicyclic amines) is 1. The van der Waals surface area contributed by atoms with Crippen molar-refractivity contribution in [3.63, 3.8) is 0 Å². The smallest absolute Gasteiger partial charge is 0.317 e. The van der Waals surface area contributed by atoms with Gasteiger partial charge in [-0.3, -0.25) is 4.79 Å². The van der Waals surface area contributed by atoms with E-state index >= 15 is 0 Å². The minimum atomic E-state index is -0.830. The van der Waals surface area contributed by atoms with Gasteiger partial charge in [0.05, 0.1) is 11.5 Å². The second kappa shape index (κ2) is 5.36. The molecule has 0 spiro atoms. The van der Waals surface area contributed by atoms with Crippen LogP contribution in [0.4, 0.5) is 4.79 Å². The van der Waals surface area contributed by atoms with Crippen LogP contribution in [-0.4, -0.2) is 54.4 Å². The lowest BCUT2D eigenvalue weighted by molar-refractivity contribution is -0.146. The summed E-state index contributed by atoms with van der Waals surface area (Å²) in [5.41, 5.74) is -0.803. The fourth-order valence-electron chi connectivity index (χ4n) is 2.86. The maximum Gasteiger partial charge on any atom is 0.317 e. The number of carboxylic acid groups (broad SMARTS) is 1. The van der Waals surface area contributed by atoms with Crippen LogP contribution in [0.25, 0.3) is 0 Å². The Labute approximate surface area is 113 Å². The van der Waals surface area contributed by atoms with E-state index in [4.69, 9.17) is 9.84 Å². The summed E-state index contributed by atoms with van der Waals surface area (Å²) in [5, 5.41) is 12.1. The first-order valence-corrected chi connectivity index (χ1v) is 6.76. The van der Waals surface area contributed by atoms with Gasteiger partial charge in [-0.2, -0.15) is 0 Å². The van der Waals surface area contributed by atoms with Crippen molar-refractivity contribution in [3.8, 4) is 0 Å². The maximum absolute atomic E-state index is 12.1. The van der Waals surface area contributed by atoms with E-state index in [-0.39, 0.29) is 24.7 Å². The van der Waals surface area contributed by atoms with E-state index in [9.17, 15) is 9.59 Å². The number of carboxylic acids is 1. The van der Waals surface area contributed by atoms with Crippen molar-refractivity contribution in [2.24, 2.45) is 5.41 Å². The van der Waals surface area contributed by atoms with Gasteiger partial charge in [0, 0.05) is 26.2 Å². The Kier molecular flexibility index (Phi) is 3.99. The number of nitrogens with one attached hydrogen (secondary N) is 1. The Morgan fingerprint density at radius 3 is 2.68 bits per heavy atom. The lowest BCUT2D eigenvalue weighted by atomic mass is 9.90. The zero-order valence-corrected chi connectivity index (χ0v) is 11.5. The number of hydrogen-bond acceptors (Lipinski definition) is 3. The Hall–Kier alpha value is -1.30. The Bertz CT molecular complexity index is 374. The number of aliphatic carboxylic acids is 1. The van der Waals surface area contributed by atoms with E-state index in [2.05, 4.69) is 5.32 Å². The summed E-state index contributed by atoms with van der Waals surface area (Å²) in [4.78, 5) is 24.8. The molecule has 19 heavy (non-hydrogen) atoms. The molecule has 0 aromatic heterocycles. The zero-order chi connectivity index (χ0) is 14.0. The van der Waals surface area contributed by atoms with E-state index in [0.29, 0.717) is 13.0 Å². The topological polar surface area (TPSA) is 78.9 Å². The summed E-state index contributed by atoms with van der Waals surface area (Å²) < 4.78 is 5.27. The predicted octanol–water partition coefficient (Wildman–Crippen LogP) is 1.06. The number of methoxy groups -OCH3 is 1. The number of hydrogen-bond donors (Lipinski definition) is 2. The minimum absolute atomic E-state index is 0.147. The molecule has 1 saturated heterocycles. The second-order valence-electron chi connectivity index (χ2n) is 5.85. The molecule has 0 aromatic rings. The first kappa shape index (κ1) is 14.1. The van der Waals surface area contributed by atoms with Gasteiger partial charge in [-0.15, -0.1) is 0 Å². The van der Waals surface area contributed by atoms with E-state index in [0.717, 1.165) is 19.3 Å². The summed E-state index contributed by atoms with van der Waals surface area (Å²) in [6.07, 6.45) is 3.48. The van der Waals surface area contributed by atoms with Crippen molar-refractivity contribution in [3.05, 3.63) is 0 Å². The van der Waals surface area contributed by atoms with Gasteiger partial charge in [0.15, 0.2) is 0 Å². The van der Waals surface area contributed by atoms with Crippen LogP contribution < -0.4 is 5.32 Å². The molecule has 2 N–H and O–H groups in total. The van der Waals surface area contributed by atoms with Crippen LogP contribution in [0.15, 0.2) is 0 Å². The van der Waals surface area contributed by atoms with Gasteiger partial charge in [0.1, 0.15) is 0 Å². The third-order valence-corrected chi connectivity index (χ3v) is 4.32. The number of urea groups is 1. The van der Waals surface area contributed by atoms with Gasteiger partial charge in [-0.25, -0.2) is 4.79 Å². The van der Waals surface area contributed by atoms with Crippen molar-refractivity contribution < 1.29 is 19.4 Å². The predicted molar refractivity (Wildman–Crippen MR) is 68.9 cm³/mol. The van der Waals surface area contributed by atoms with Crippen molar-refractivity contribution in [2.45, 2.75) is 44.8 Å². The van der Waals surface area contributed by atoms with Crippen molar-refractivity contribution >= 4 is 12.0 Å². The summed E-state index contributed by atoms with van der Waals surface area (Å²) >= 11 is 0. The molecule has 1 saturated carbocycles. The van der Waals surface area contributed by atoms with E-state index in [1.165, 1.54) is 0 Å². The molecule has 2 amide bonds. The summed E-state index contributed by atoms with van der Waals surface area (Å²) in [5.74, 6) is -0.830.